The Morgan fingerprint density at radius 3 is 1.75 bits per heavy atom. The summed E-state index contributed by atoms with van der Waals surface area (Å²) in [5.41, 5.74) is 2.62. The van der Waals surface area contributed by atoms with E-state index in [4.69, 9.17) is 5.73 Å². The molecule has 72 valence electrons. The van der Waals surface area contributed by atoms with Gasteiger partial charge in [-0.1, -0.05) is 0 Å². The maximum Gasteiger partial charge on any atom is 0.225 e. The molecule has 12 heavy (non-hydrogen) atoms. The quantitative estimate of drug-likeness (QED) is 0.547. The molecule has 0 heterocycles. The monoisotopic (exact) mass is 175 g/mol. The van der Waals surface area contributed by atoms with Crippen LogP contribution in [0.25, 0.3) is 0 Å². The van der Waals surface area contributed by atoms with Gasteiger partial charge in [0.1, 0.15) is 0 Å². The first kappa shape index (κ1) is 11.4. The molecular formula is C8H17NO3. The maximum absolute atomic E-state index is 10.9. The lowest BCUT2D eigenvalue weighted by Crippen LogP contribution is -2.52. The van der Waals surface area contributed by atoms with E-state index in [1.807, 2.05) is 0 Å². The molecule has 0 aromatic carbocycles. The average Bonchev–Trinajstić information content (AvgIpc) is 1.83. The third kappa shape index (κ3) is 2.19. The third-order valence-electron chi connectivity index (χ3n) is 1.99. The van der Waals surface area contributed by atoms with Gasteiger partial charge < -0.3 is 15.9 Å². The van der Waals surface area contributed by atoms with Crippen LogP contribution in [0.15, 0.2) is 0 Å². The van der Waals surface area contributed by atoms with Crippen LogP contribution in [0.2, 0.25) is 0 Å². The number of aliphatic hydroxyl groups is 2. The average molecular weight is 175 g/mol. The van der Waals surface area contributed by atoms with Crippen LogP contribution in [0.1, 0.15) is 27.7 Å². The first-order valence-electron chi connectivity index (χ1n) is 3.80. The van der Waals surface area contributed by atoms with Gasteiger partial charge >= 0.3 is 0 Å². The van der Waals surface area contributed by atoms with Gasteiger partial charge in [0, 0.05) is 0 Å². The summed E-state index contributed by atoms with van der Waals surface area (Å²) < 4.78 is 0. The van der Waals surface area contributed by atoms with E-state index in [9.17, 15) is 15.0 Å². The van der Waals surface area contributed by atoms with Gasteiger partial charge in [-0.05, 0) is 27.7 Å². The van der Waals surface area contributed by atoms with Crippen molar-refractivity contribution in [3.63, 3.8) is 0 Å². The smallest absolute Gasteiger partial charge is 0.225 e. The highest BCUT2D eigenvalue weighted by atomic mass is 16.3. The largest absolute Gasteiger partial charge is 0.389 e. The van der Waals surface area contributed by atoms with Crippen molar-refractivity contribution < 1.29 is 15.0 Å². The molecule has 4 N–H and O–H groups in total. The molecule has 0 rings (SSSR count). The molecule has 0 radical (unpaired) electrons. The van der Waals surface area contributed by atoms with Gasteiger partial charge in [0.05, 0.1) is 17.1 Å². The van der Waals surface area contributed by atoms with Crippen molar-refractivity contribution in [2.75, 3.05) is 0 Å². The van der Waals surface area contributed by atoms with Crippen LogP contribution in [0.3, 0.4) is 0 Å². The zero-order valence-electron chi connectivity index (χ0n) is 7.96. The van der Waals surface area contributed by atoms with Gasteiger partial charge in [0.15, 0.2) is 0 Å². The highest BCUT2D eigenvalue weighted by molar-refractivity contribution is 5.80. The normalized spacial score (nSPS) is 15.8. The number of hydrogen-bond acceptors (Lipinski definition) is 3. The number of carbonyl (C=O) groups is 1. The minimum atomic E-state index is -1.32. The second kappa shape index (κ2) is 3.03. The van der Waals surface area contributed by atoms with Gasteiger partial charge in [-0.3, -0.25) is 4.79 Å². The van der Waals surface area contributed by atoms with Crippen molar-refractivity contribution in [1.82, 2.24) is 0 Å². The van der Waals surface area contributed by atoms with Crippen molar-refractivity contribution in [1.29, 1.82) is 0 Å². The van der Waals surface area contributed by atoms with Crippen LogP contribution in [0, 0.1) is 5.41 Å². The lowest BCUT2D eigenvalue weighted by molar-refractivity contribution is -0.146. The van der Waals surface area contributed by atoms with Crippen molar-refractivity contribution in [3.8, 4) is 0 Å². The van der Waals surface area contributed by atoms with E-state index in [1.165, 1.54) is 27.7 Å². The predicted molar refractivity (Wildman–Crippen MR) is 45.3 cm³/mol. The van der Waals surface area contributed by atoms with Crippen LogP contribution in [0.5, 0.6) is 0 Å². The van der Waals surface area contributed by atoms with Crippen LogP contribution >= 0.6 is 0 Å². The first-order valence-corrected chi connectivity index (χ1v) is 3.80. The minimum absolute atomic E-state index is 0.628. The van der Waals surface area contributed by atoms with E-state index < -0.39 is 23.0 Å². The zero-order chi connectivity index (χ0) is 10.2. The molecular weight excluding hydrogens is 158 g/mol. The summed E-state index contributed by atoms with van der Waals surface area (Å²) in [5, 5.41) is 18.9. The third-order valence-corrected chi connectivity index (χ3v) is 1.99. The van der Waals surface area contributed by atoms with E-state index in [-0.39, 0.29) is 0 Å². The Morgan fingerprint density at radius 1 is 1.33 bits per heavy atom. The Labute approximate surface area is 72.4 Å². The fraction of sp³-hybridized carbons (Fsp3) is 0.875. The van der Waals surface area contributed by atoms with E-state index in [1.54, 1.807) is 0 Å². The molecule has 0 aliphatic heterocycles. The first-order chi connectivity index (χ1) is 5.10. The van der Waals surface area contributed by atoms with Gasteiger partial charge in [-0.15, -0.1) is 0 Å². The van der Waals surface area contributed by atoms with Crippen LogP contribution in [-0.2, 0) is 4.79 Å². The predicted octanol–water partition coefficient (Wildman–Crippen LogP) is -0.370. The molecule has 0 fully saturated rings. The minimum Gasteiger partial charge on any atom is -0.389 e. The number of aliphatic hydroxyl groups excluding tert-OH is 1. The number of amides is 1. The molecule has 4 heteroatoms. The maximum atomic E-state index is 10.9. The Bertz CT molecular complexity index is 181. The van der Waals surface area contributed by atoms with E-state index in [0.29, 0.717) is 0 Å². The summed E-state index contributed by atoms with van der Waals surface area (Å²) in [6.07, 6.45) is -1.16. The van der Waals surface area contributed by atoms with E-state index >= 15 is 0 Å². The van der Waals surface area contributed by atoms with Gasteiger partial charge in [0.2, 0.25) is 5.91 Å². The van der Waals surface area contributed by atoms with Crippen molar-refractivity contribution in [3.05, 3.63) is 0 Å². The molecule has 1 atom stereocenters. The Hall–Kier alpha value is -0.610. The van der Waals surface area contributed by atoms with Crippen LogP contribution in [0.4, 0.5) is 0 Å². The molecule has 4 nitrogen and oxygen atoms in total. The molecule has 0 aromatic heterocycles. The van der Waals surface area contributed by atoms with E-state index in [0.717, 1.165) is 0 Å². The number of rotatable bonds is 3. The van der Waals surface area contributed by atoms with Gasteiger partial charge in [-0.2, -0.15) is 0 Å². The second-order valence-corrected chi connectivity index (χ2v) is 4.14. The molecule has 0 aromatic rings. The summed E-state index contributed by atoms with van der Waals surface area (Å²) in [6.45, 7) is 5.86. The SMILES string of the molecule is CC(C)(O)C(O)C(C)(C)C(N)=O. The van der Waals surface area contributed by atoms with Crippen molar-refractivity contribution >= 4 is 5.91 Å². The zero-order valence-corrected chi connectivity index (χ0v) is 7.96. The molecule has 0 bridgehead atoms. The van der Waals surface area contributed by atoms with Gasteiger partial charge in [-0.25, -0.2) is 0 Å². The molecule has 1 amide bonds. The number of hydrogen-bond donors (Lipinski definition) is 3. The fourth-order valence-corrected chi connectivity index (χ4v) is 1.02. The summed E-state index contributed by atoms with van der Waals surface area (Å²) in [4.78, 5) is 10.9. The summed E-state index contributed by atoms with van der Waals surface area (Å²) >= 11 is 0. The fourth-order valence-electron chi connectivity index (χ4n) is 1.02. The Kier molecular flexibility index (Phi) is 2.88. The lowest BCUT2D eigenvalue weighted by Gasteiger charge is -2.35. The molecule has 0 saturated carbocycles. The van der Waals surface area contributed by atoms with Crippen molar-refractivity contribution in [2.45, 2.75) is 39.4 Å². The standard InChI is InChI=1S/C8H17NO3/c1-7(2,6(9)11)5(10)8(3,4)12/h5,10,12H,1-4H3,(H2,9,11). The topological polar surface area (TPSA) is 83.6 Å². The van der Waals surface area contributed by atoms with Crippen LogP contribution in [-0.4, -0.2) is 27.8 Å². The number of carbonyl (C=O) groups excluding carboxylic acids is 1. The summed E-state index contributed by atoms with van der Waals surface area (Å²) in [6, 6.07) is 0. The second-order valence-electron chi connectivity index (χ2n) is 4.14. The molecule has 0 aliphatic rings. The van der Waals surface area contributed by atoms with E-state index in [2.05, 4.69) is 0 Å². The summed E-state index contributed by atoms with van der Waals surface area (Å²) in [7, 11) is 0. The van der Waals surface area contributed by atoms with Crippen LogP contribution < -0.4 is 5.73 Å². The molecule has 0 aliphatic carbocycles. The number of primary amides is 1. The summed E-state index contributed by atoms with van der Waals surface area (Å²) in [5.74, 6) is -0.628. The molecule has 1 unspecified atom stereocenters. The highest BCUT2D eigenvalue weighted by Gasteiger charge is 2.42. The Morgan fingerprint density at radius 2 is 1.67 bits per heavy atom. The molecule has 0 spiro atoms. The Balaban J connectivity index is 4.69. The van der Waals surface area contributed by atoms with Crippen molar-refractivity contribution in [2.24, 2.45) is 11.1 Å². The lowest BCUT2D eigenvalue weighted by atomic mass is 9.78. The molecule has 0 saturated heterocycles. The van der Waals surface area contributed by atoms with Gasteiger partial charge in [0.25, 0.3) is 0 Å². The highest BCUT2D eigenvalue weighted by Crippen LogP contribution is 2.27. The number of nitrogens with two attached hydrogens (primary N) is 1.